The maximum absolute atomic E-state index is 6.48. The normalized spacial score (nSPS) is 11.1. The Hall–Kier alpha value is -9.12. The van der Waals surface area contributed by atoms with Crippen molar-refractivity contribution >= 4 is 21.9 Å². The van der Waals surface area contributed by atoms with Crippen LogP contribution in [0.25, 0.3) is 134 Å². The third-order valence-corrected chi connectivity index (χ3v) is 13.6. The van der Waals surface area contributed by atoms with E-state index in [1.165, 1.54) is 0 Å². The zero-order valence-electron chi connectivity index (χ0n) is 39.8. The van der Waals surface area contributed by atoms with Gasteiger partial charge in [0.15, 0.2) is 0 Å². The molecule has 0 N–H and O–H groups in total. The maximum atomic E-state index is 6.48. The molecule has 0 fully saturated rings. The second kappa shape index (κ2) is 20.2. The molecular formula is C69H42IrN3O. The molecule has 0 aliphatic rings. The summed E-state index contributed by atoms with van der Waals surface area (Å²) < 4.78 is 6.48. The number of pyridine rings is 3. The van der Waals surface area contributed by atoms with Crippen molar-refractivity contribution in [3.8, 4) is 112 Å². The van der Waals surface area contributed by atoms with Crippen molar-refractivity contribution in [3.63, 3.8) is 0 Å². The monoisotopic (exact) mass is 1120 g/mol. The number of rotatable bonds is 10. The smallest absolute Gasteiger partial charge is 0.456 e. The van der Waals surface area contributed by atoms with E-state index in [2.05, 4.69) is 198 Å². The summed E-state index contributed by atoms with van der Waals surface area (Å²) in [7, 11) is 0. The number of fused-ring (bicyclic) bond motifs is 3. The van der Waals surface area contributed by atoms with Crippen molar-refractivity contribution in [2.75, 3.05) is 0 Å². The molecule has 9 aromatic carbocycles. The van der Waals surface area contributed by atoms with E-state index in [1.807, 2.05) is 85.3 Å². The summed E-state index contributed by atoms with van der Waals surface area (Å²) in [6, 6.07) is 93.6. The molecule has 13 aromatic rings. The van der Waals surface area contributed by atoms with Gasteiger partial charge in [-0.25, -0.2) is 0 Å². The fourth-order valence-corrected chi connectivity index (χ4v) is 10.1. The second-order valence-corrected chi connectivity index (χ2v) is 18.0. The SMILES string of the molecule is [Ir+3].[c-]1cc(-c2ccccc2-c2cc(-c3ccccc3-c3c[c-]c(-c4ccccn4)cc3)cc(-c3ccccc3-c3c[c-]c(-c4ccccn4)cc3-c3ccc4c(c3)oc3ccccc34)c2)ccc1-c1ccccn1. The Morgan fingerprint density at radius 2 is 0.689 bits per heavy atom. The van der Waals surface area contributed by atoms with Gasteiger partial charge in [0.2, 0.25) is 0 Å². The van der Waals surface area contributed by atoms with Gasteiger partial charge >= 0.3 is 20.1 Å². The number of furan rings is 1. The van der Waals surface area contributed by atoms with Gasteiger partial charge in [-0.2, -0.15) is 0 Å². The van der Waals surface area contributed by atoms with Crippen LogP contribution in [0.5, 0.6) is 0 Å². The van der Waals surface area contributed by atoms with Crippen LogP contribution >= 0.6 is 0 Å². The molecule has 5 heteroatoms. The fourth-order valence-electron chi connectivity index (χ4n) is 10.1. The molecule has 0 saturated carbocycles. The Bertz CT molecular complexity index is 3970. The molecule has 348 valence electrons. The Labute approximate surface area is 443 Å². The van der Waals surface area contributed by atoms with Crippen molar-refractivity contribution in [1.82, 2.24) is 15.0 Å². The second-order valence-electron chi connectivity index (χ2n) is 18.0. The molecule has 0 bridgehead atoms. The molecule has 0 atom stereocenters. The minimum absolute atomic E-state index is 0. The number of nitrogens with zero attached hydrogens (tertiary/aromatic N) is 3. The summed E-state index contributed by atoms with van der Waals surface area (Å²) in [4.78, 5) is 13.9. The fraction of sp³-hybridized carbons (Fsp3) is 0. The minimum Gasteiger partial charge on any atom is -0.456 e. The molecule has 74 heavy (non-hydrogen) atoms. The van der Waals surface area contributed by atoms with Crippen LogP contribution < -0.4 is 0 Å². The molecule has 0 aliphatic heterocycles. The summed E-state index contributed by atoms with van der Waals surface area (Å²) in [5, 5.41) is 2.19. The third-order valence-electron chi connectivity index (χ3n) is 13.6. The molecule has 0 saturated heterocycles. The first-order valence-electron chi connectivity index (χ1n) is 24.4. The zero-order chi connectivity index (χ0) is 48.5. The van der Waals surface area contributed by atoms with Crippen LogP contribution in [-0.4, -0.2) is 15.0 Å². The maximum Gasteiger partial charge on any atom is 3.00 e. The predicted molar refractivity (Wildman–Crippen MR) is 298 cm³/mol. The minimum atomic E-state index is 0. The first-order chi connectivity index (χ1) is 36.2. The van der Waals surface area contributed by atoms with Crippen molar-refractivity contribution < 1.29 is 24.5 Å². The van der Waals surface area contributed by atoms with Crippen LogP contribution in [0.1, 0.15) is 0 Å². The summed E-state index contributed by atoms with van der Waals surface area (Å²) >= 11 is 0. The molecule has 4 heterocycles. The van der Waals surface area contributed by atoms with Crippen LogP contribution in [0.4, 0.5) is 0 Å². The van der Waals surface area contributed by atoms with Crippen molar-refractivity contribution in [1.29, 1.82) is 0 Å². The van der Waals surface area contributed by atoms with Gasteiger partial charge in [-0.1, -0.05) is 172 Å². The first kappa shape index (κ1) is 46.0. The van der Waals surface area contributed by atoms with Crippen molar-refractivity contribution in [2.45, 2.75) is 0 Å². The van der Waals surface area contributed by atoms with E-state index >= 15 is 0 Å². The Morgan fingerprint density at radius 1 is 0.270 bits per heavy atom. The number of hydrogen-bond donors (Lipinski definition) is 0. The number of aromatic nitrogens is 3. The summed E-state index contributed by atoms with van der Waals surface area (Å²) in [6.07, 6.45) is 5.47. The van der Waals surface area contributed by atoms with E-state index in [4.69, 9.17) is 9.40 Å². The van der Waals surface area contributed by atoms with E-state index in [9.17, 15) is 0 Å². The molecule has 13 rings (SSSR count). The van der Waals surface area contributed by atoms with Crippen molar-refractivity contribution in [3.05, 3.63) is 273 Å². The van der Waals surface area contributed by atoms with Crippen LogP contribution in [0.15, 0.2) is 260 Å². The Morgan fingerprint density at radius 3 is 1.19 bits per heavy atom. The van der Waals surface area contributed by atoms with E-state index in [-0.39, 0.29) is 20.1 Å². The predicted octanol–water partition coefficient (Wildman–Crippen LogP) is 17.8. The number of para-hydroxylation sites is 1. The van der Waals surface area contributed by atoms with E-state index in [0.717, 1.165) is 134 Å². The molecule has 0 aliphatic carbocycles. The Kier molecular flexibility index (Phi) is 12.5. The Balaban J connectivity index is 0.00000556. The molecule has 4 nitrogen and oxygen atoms in total. The molecule has 0 amide bonds. The number of benzene rings is 9. The van der Waals surface area contributed by atoms with Gasteiger partial charge in [0, 0.05) is 29.4 Å². The van der Waals surface area contributed by atoms with Gasteiger partial charge in [-0.05, 0) is 111 Å². The van der Waals surface area contributed by atoms with Gasteiger partial charge in [0.25, 0.3) is 0 Å². The molecule has 0 spiro atoms. The standard InChI is InChI=1S/C69H42N3O.Ir/c1-3-17-57(55(15-1)46-26-30-48(31-27-46)65-22-9-12-38-70-65)52-41-53(58-18-4-2-16-56(58)47-28-32-49(33-29-47)66-23-10-13-39-71-66)43-54(42-52)59-19-5-6-20-60(59)61-36-35-51(67-24-11-14-40-72-67)44-64(61)50-34-37-63-62-21-7-8-25-68(62)73-69(63)45-50;/h1-30,32,34,36-45H;/q-3;+3. The van der Waals surface area contributed by atoms with Crippen LogP contribution in [0.3, 0.4) is 0 Å². The van der Waals surface area contributed by atoms with Gasteiger partial charge in [0.05, 0.1) is 0 Å². The third kappa shape index (κ3) is 8.86. The van der Waals surface area contributed by atoms with E-state index in [1.54, 1.807) is 0 Å². The first-order valence-corrected chi connectivity index (χ1v) is 24.4. The van der Waals surface area contributed by atoms with Crippen LogP contribution in [-0.2, 0) is 20.1 Å². The molecular weight excluding hydrogens is 1080 g/mol. The summed E-state index contributed by atoms with van der Waals surface area (Å²) in [6.45, 7) is 0. The van der Waals surface area contributed by atoms with Crippen LogP contribution in [0.2, 0.25) is 0 Å². The van der Waals surface area contributed by atoms with E-state index < -0.39 is 0 Å². The number of hydrogen-bond acceptors (Lipinski definition) is 4. The summed E-state index contributed by atoms with van der Waals surface area (Å²) in [5.41, 5.74) is 22.3. The molecule has 0 radical (unpaired) electrons. The van der Waals surface area contributed by atoms with Crippen molar-refractivity contribution in [2.24, 2.45) is 0 Å². The van der Waals surface area contributed by atoms with Gasteiger partial charge < -0.3 is 19.4 Å². The van der Waals surface area contributed by atoms with Gasteiger partial charge in [-0.3, -0.25) is 0 Å². The quantitative estimate of drug-likeness (QED) is 0.128. The van der Waals surface area contributed by atoms with Crippen LogP contribution in [0, 0.1) is 18.2 Å². The topological polar surface area (TPSA) is 51.8 Å². The van der Waals surface area contributed by atoms with Gasteiger partial charge in [0.1, 0.15) is 11.2 Å². The van der Waals surface area contributed by atoms with E-state index in [0.29, 0.717) is 0 Å². The summed E-state index contributed by atoms with van der Waals surface area (Å²) in [5.74, 6) is 0. The largest absolute Gasteiger partial charge is 3.00 e. The average Bonchev–Trinajstić information content (AvgIpc) is 3.86. The molecule has 4 aromatic heterocycles. The zero-order valence-corrected chi connectivity index (χ0v) is 42.2. The molecule has 0 unspecified atom stereocenters. The van der Waals surface area contributed by atoms with Gasteiger partial charge in [-0.15, -0.1) is 83.4 Å². The average molecular weight is 1120 g/mol.